The van der Waals surface area contributed by atoms with Gasteiger partial charge in [-0.2, -0.15) is 0 Å². The van der Waals surface area contributed by atoms with E-state index in [1.165, 1.54) is 11.0 Å². The number of halogens is 3. The first-order valence-corrected chi connectivity index (χ1v) is 5.80. The van der Waals surface area contributed by atoms with Gasteiger partial charge in [-0.25, -0.2) is 4.39 Å². The van der Waals surface area contributed by atoms with Crippen molar-refractivity contribution in [2.24, 2.45) is 0 Å². The second-order valence-electron chi connectivity index (χ2n) is 3.26. The molecule has 1 aliphatic rings. The summed E-state index contributed by atoms with van der Waals surface area (Å²) >= 11 is 8.50. The highest BCUT2D eigenvalue weighted by molar-refractivity contribution is 9.10. The molecule has 0 unspecified atom stereocenters. The molecule has 84 valence electrons. The average Bonchev–Trinajstić information content (AvgIpc) is 2.46. The van der Waals surface area contributed by atoms with Crippen LogP contribution in [0.1, 0.15) is 10.4 Å². The summed E-state index contributed by atoms with van der Waals surface area (Å²) in [5, 5.41) is 0. The molecular formula is C10H6BrClFNO2. The van der Waals surface area contributed by atoms with Crippen molar-refractivity contribution in [1.82, 2.24) is 0 Å². The van der Waals surface area contributed by atoms with Gasteiger partial charge >= 0.3 is 0 Å². The quantitative estimate of drug-likeness (QED) is 0.621. The maximum absolute atomic E-state index is 13.3. The van der Waals surface area contributed by atoms with E-state index in [0.29, 0.717) is 0 Å². The SMILES string of the molecule is O=C1C(=O)N(CCCl)c2cc(F)c(Br)cc21. The number of carbonyl (C=O) groups is 2. The second-order valence-corrected chi connectivity index (χ2v) is 4.49. The molecule has 1 aromatic rings. The third kappa shape index (κ3) is 1.64. The van der Waals surface area contributed by atoms with Crippen molar-refractivity contribution in [3.05, 3.63) is 28.0 Å². The van der Waals surface area contributed by atoms with Crippen LogP contribution in [0.25, 0.3) is 0 Å². The number of anilines is 1. The maximum atomic E-state index is 13.3. The van der Waals surface area contributed by atoms with E-state index in [4.69, 9.17) is 11.6 Å². The molecule has 1 heterocycles. The Labute approximate surface area is 104 Å². The minimum atomic E-state index is -0.659. The highest BCUT2D eigenvalue weighted by Gasteiger charge is 2.36. The molecule has 3 nitrogen and oxygen atoms in total. The Bertz CT molecular complexity index is 492. The van der Waals surface area contributed by atoms with E-state index in [2.05, 4.69) is 15.9 Å². The smallest absolute Gasteiger partial charge is 0.299 e. The fourth-order valence-electron chi connectivity index (χ4n) is 1.60. The zero-order valence-corrected chi connectivity index (χ0v) is 10.3. The predicted octanol–water partition coefficient (Wildman–Crippen LogP) is 2.36. The van der Waals surface area contributed by atoms with Crippen molar-refractivity contribution >= 4 is 44.9 Å². The molecule has 0 spiro atoms. The predicted molar refractivity (Wildman–Crippen MR) is 61.5 cm³/mol. The van der Waals surface area contributed by atoms with Crippen LogP contribution in [0.2, 0.25) is 0 Å². The number of fused-ring (bicyclic) bond motifs is 1. The van der Waals surface area contributed by atoms with E-state index in [1.807, 2.05) is 0 Å². The van der Waals surface area contributed by atoms with E-state index >= 15 is 0 Å². The van der Waals surface area contributed by atoms with Gasteiger partial charge < -0.3 is 4.90 Å². The van der Waals surface area contributed by atoms with Crippen molar-refractivity contribution < 1.29 is 14.0 Å². The van der Waals surface area contributed by atoms with Gasteiger partial charge in [0.05, 0.1) is 15.7 Å². The Hall–Kier alpha value is -0.940. The summed E-state index contributed by atoms with van der Waals surface area (Å²) in [4.78, 5) is 24.3. The Morgan fingerprint density at radius 3 is 2.69 bits per heavy atom. The number of hydrogen-bond acceptors (Lipinski definition) is 2. The Kier molecular flexibility index (Phi) is 2.99. The van der Waals surface area contributed by atoms with Crippen LogP contribution in [-0.2, 0) is 4.79 Å². The number of benzene rings is 1. The molecule has 0 N–H and O–H groups in total. The number of hydrogen-bond donors (Lipinski definition) is 0. The molecule has 6 heteroatoms. The van der Waals surface area contributed by atoms with Crippen LogP contribution >= 0.6 is 27.5 Å². The molecule has 0 atom stereocenters. The molecule has 0 fully saturated rings. The van der Waals surface area contributed by atoms with Gasteiger partial charge in [-0.1, -0.05) is 0 Å². The molecule has 1 amide bonds. The van der Waals surface area contributed by atoms with Gasteiger partial charge in [-0.3, -0.25) is 9.59 Å². The van der Waals surface area contributed by atoms with Crippen LogP contribution in [0.15, 0.2) is 16.6 Å². The van der Waals surface area contributed by atoms with Crippen molar-refractivity contribution in [2.45, 2.75) is 0 Å². The Balaban J connectivity index is 2.56. The van der Waals surface area contributed by atoms with Gasteiger partial charge in [-0.15, -0.1) is 11.6 Å². The first-order chi connectivity index (χ1) is 7.56. The molecule has 0 aliphatic carbocycles. The lowest BCUT2D eigenvalue weighted by atomic mass is 10.1. The molecule has 1 aromatic carbocycles. The van der Waals surface area contributed by atoms with Crippen molar-refractivity contribution in [1.29, 1.82) is 0 Å². The largest absolute Gasteiger partial charge is 0.303 e. The first kappa shape index (κ1) is 11.5. The van der Waals surface area contributed by atoms with Gasteiger partial charge in [-0.05, 0) is 28.1 Å². The number of nitrogens with zero attached hydrogens (tertiary/aromatic N) is 1. The van der Waals surface area contributed by atoms with Gasteiger partial charge in [0.2, 0.25) is 0 Å². The Morgan fingerprint density at radius 1 is 1.38 bits per heavy atom. The number of ketones is 1. The van der Waals surface area contributed by atoms with Gasteiger partial charge in [0.25, 0.3) is 11.7 Å². The molecule has 16 heavy (non-hydrogen) atoms. The summed E-state index contributed by atoms with van der Waals surface area (Å²) in [6.45, 7) is 0.195. The highest BCUT2D eigenvalue weighted by atomic mass is 79.9. The highest BCUT2D eigenvalue weighted by Crippen LogP contribution is 2.33. The topological polar surface area (TPSA) is 37.4 Å². The fraction of sp³-hybridized carbons (Fsp3) is 0.200. The van der Waals surface area contributed by atoms with Crippen LogP contribution in [0.5, 0.6) is 0 Å². The molecule has 0 bridgehead atoms. The lowest BCUT2D eigenvalue weighted by Gasteiger charge is -2.14. The monoisotopic (exact) mass is 305 g/mol. The Morgan fingerprint density at radius 2 is 2.06 bits per heavy atom. The molecule has 1 aliphatic heterocycles. The second kappa shape index (κ2) is 4.14. The van der Waals surface area contributed by atoms with Gasteiger partial charge in [0.1, 0.15) is 5.82 Å². The summed E-state index contributed by atoms with van der Waals surface area (Å²) in [6.07, 6.45) is 0. The van der Waals surface area contributed by atoms with E-state index < -0.39 is 17.5 Å². The molecule has 0 radical (unpaired) electrons. The van der Waals surface area contributed by atoms with Crippen molar-refractivity contribution in [3.63, 3.8) is 0 Å². The van der Waals surface area contributed by atoms with E-state index in [-0.39, 0.29) is 28.1 Å². The number of alkyl halides is 1. The van der Waals surface area contributed by atoms with Crippen molar-refractivity contribution in [3.8, 4) is 0 Å². The molecule has 0 saturated heterocycles. The molecule has 0 saturated carbocycles. The normalized spacial score (nSPS) is 14.6. The maximum Gasteiger partial charge on any atom is 0.299 e. The minimum absolute atomic E-state index is 0.167. The standard InChI is InChI=1S/C10H6BrClFNO2/c11-6-3-5-8(4-7(6)13)14(2-1-12)10(16)9(5)15/h3-4H,1-2H2. The van der Waals surface area contributed by atoms with Crippen LogP contribution in [0.3, 0.4) is 0 Å². The summed E-state index contributed by atoms with van der Waals surface area (Å²) in [5.74, 6) is -1.61. The molecule has 2 rings (SSSR count). The zero-order chi connectivity index (χ0) is 11.9. The van der Waals surface area contributed by atoms with Gasteiger partial charge in [0.15, 0.2) is 0 Å². The molecular weight excluding hydrogens is 300 g/mol. The number of rotatable bonds is 2. The average molecular weight is 307 g/mol. The van der Waals surface area contributed by atoms with Crippen LogP contribution in [0, 0.1) is 5.82 Å². The van der Waals surface area contributed by atoms with E-state index in [9.17, 15) is 14.0 Å². The van der Waals surface area contributed by atoms with Crippen LogP contribution in [0.4, 0.5) is 10.1 Å². The third-order valence-corrected chi connectivity index (χ3v) is 3.10. The lowest BCUT2D eigenvalue weighted by Crippen LogP contribution is -2.31. The lowest BCUT2D eigenvalue weighted by molar-refractivity contribution is -0.114. The van der Waals surface area contributed by atoms with Crippen molar-refractivity contribution in [2.75, 3.05) is 17.3 Å². The van der Waals surface area contributed by atoms with E-state index in [0.717, 1.165) is 6.07 Å². The number of Topliss-reactive ketones (excluding diaryl/α,β-unsaturated/α-hetero) is 1. The summed E-state index contributed by atoms with van der Waals surface area (Å²) < 4.78 is 13.5. The summed E-state index contributed by atoms with van der Waals surface area (Å²) in [7, 11) is 0. The third-order valence-electron chi connectivity index (χ3n) is 2.32. The summed E-state index contributed by atoms with van der Waals surface area (Å²) in [6, 6.07) is 2.48. The first-order valence-electron chi connectivity index (χ1n) is 4.47. The van der Waals surface area contributed by atoms with Crippen LogP contribution < -0.4 is 4.90 Å². The number of amides is 1. The molecule has 0 aromatic heterocycles. The number of carbonyl (C=O) groups excluding carboxylic acids is 2. The summed E-state index contributed by atoms with van der Waals surface area (Å²) in [5.41, 5.74) is 0.500. The zero-order valence-electron chi connectivity index (χ0n) is 7.97. The van der Waals surface area contributed by atoms with Gasteiger partial charge in [0, 0.05) is 12.4 Å². The van der Waals surface area contributed by atoms with Crippen LogP contribution in [-0.4, -0.2) is 24.1 Å². The van der Waals surface area contributed by atoms with E-state index in [1.54, 1.807) is 0 Å². The fourth-order valence-corrected chi connectivity index (χ4v) is 2.11. The minimum Gasteiger partial charge on any atom is -0.303 e.